The number of amides is 1. The average molecular weight is 361 g/mol. The molecule has 1 unspecified atom stereocenters. The Morgan fingerprint density at radius 1 is 1.40 bits per heavy atom. The molecule has 0 aromatic carbocycles. The largest absolute Gasteiger partial charge is 0.374 e. The fourth-order valence-electron chi connectivity index (χ4n) is 2.49. The lowest BCUT2D eigenvalue weighted by Crippen LogP contribution is -2.14. The molecule has 0 saturated carbocycles. The van der Waals surface area contributed by atoms with Crippen molar-refractivity contribution in [2.75, 3.05) is 12.4 Å². The highest BCUT2D eigenvalue weighted by atomic mass is 32.1. The van der Waals surface area contributed by atoms with Gasteiger partial charge in [-0.3, -0.25) is 4.79 Å². The Kier molecular flexibility index (Phi) is 5.00. The highest BCUT2D eigenvalue weighted by molar-refractivity contribution is 7.15. The minimum atomic E-state index is -0.145. The van der Waals surface area contributed by atoms with Crippen LogP contribution in [-0.4, -0.2) is 42.8 Å². The molecule has 1 N–H and O–H groups in total. The molecule has 0 saturated heterocycles. The van der Waals surface area contributed by atoms with Crippen molar-refractivity contribution < 1.29 is 9.53 Å². The maximum absolute atomic E-state index is 12.2. The van der Waals surface area contributed by atoms with Crippen LogP contribution >= 0.6 is 11.3 Å². The maximum Gasteiger partial charge on any atom is 0.252 e. The fraction of sp³-hybridized carbons (Fsp3) is 0.467. The summed E-state index contributed by atoms with van der Waals surface area (Å²) < 4.78 is 6.87. The molecule has 3 aromatic heterocycles. The molecule has 1 amide bonds. The van der Waals surface area contributed by atoms with Crippen LogP contribution in [0.1, 0.15) is 41.4 Å². The van der Waals surface area contributed by atoms with Gasteiger partial charge in [0.1, 0.15) is 17.4 Å². The van der Waals surface area contributed by atoms with Gasteiger partial charge in [0, 0.05) is 24.9 Å². The second-order valence-corrected chi connectivity index (χ2v) is 6.61. The van der Waals surface area contributed by atoms with E-state index >= 15 is 0 Å². The summed E-state index contributed by atoms with van der Waals surface area (Å²) in [6.07, 6.45) is 2.21. The molecule has 25 heavy (non-hydrogen) atoms. The second-order valence-electron chi connectivity index (χ2n) is 5.60. The van der Waals surface area contributed by atoms with Gasteiger partial charge in [-0.15, -0.1) is 10.2 Å². The van der Waals surface area contributed by atoms with Crippen LogP contribution in [0.4, 0.5) is 5.13 Å². The lowest BCUT2D eigenvalue weighted by atomic mass is 10.1. The molecule has 0 radical (unpaired) electrons. The van der Waals surface area contributed by atoms with Gasteiger partial charge in [0.25, 0.3) is 5.78 Å². The number of rotatable bonds is 6. The molecule has 10 heteroatoms. The van der Waals surface area contributed by atoms with Gasteiger partial charge in [-0.05, 0) is 32.8 Å². The van der Waals surface area contributed by atoms with E-state index in [-0.39, 0.29) is 12.0 Å². The quantitative estimate of drug-likeness (QED) is 0.714. The lowest BCUT2D eigenvalue weighted by Gasteiger charge is -2.10. The van der Waals surface area contributed by atoms with Crippen molar-refractivity contribution in [1.82, 2.24) is 29.8 Å². The number of aryl methyl sites for hydroxylation is 2. The topological polar surface area (TPSA) is 107 Å². The van der Waals surface area contributed by atoms with E-state index in [1.807, 2.05) is 20.8 Å². The Balaban J connectivity index is 1.65. The minimum Gasteiger partial charge on any atom is -0.374 e. The number of hydrogen-bond acceptors (Lipinski definition) is 8. The zero-order chi connectivity index (χ0) is 18.0. The van der Waals surface area contributed by atoms with Crippen LogP contribution in [0.2, 0.25) is 0 Å². The van der Waals surface area contributed by atoms with Crippen LogP contribution in [0.25, 0.3) is 5.78 Å². The van der Waals surface area contributed by atoms with Crippen LogP contribution in [0.3, 0.4) is 0 Å². The van der Waals surface area contributed by atoms with E-state index in [4.69, 9.17) is 4.74 Å². The zero-order valence-corrected chi connectivity index (χ0v) is 15.3. The summed E-state index contributed by atoms with van der Waals surface area (Å²) in [4.78, 5) is 20.7. The third-order valence-corrected chi connectivity index (χ3v) is 4.98. The number of carbonyl (C=O) groups is 1. The second kappa shape index (κ2) is 7.19. The number of ether oxygens (including phenoxy) is 1. The Hall–Kier alpha value is -2.46. The van der Waals surface area contributed by atoms with Gasteiger partial charge in [0.05, 0.1) is 0 Å². The standard InChI is InChI=1S/C15H19N7O2S/c1-8-11(9(2)22-14(18-8)16-7-17-22)5-6-12(23)19-15-21-20-13(25-15)10(3)24-4/h7,10H,5-6H2,1-4H3,(H,19,21,23). The fourth-order valence-corrected chi connectivity index (χ4v) is 3.28. The first-order valence-electron chi connectivity index (χ1n) is 7.81. The molecule has 3 rings (SSSR count). The summed E-state index contributed by atoms with van der Waals surface area (Å²) in [6.45, 7) is 5.75. The number of aromatic nitrogens is 6. The van der Waals surface area contributed by atoms with E-state index < -0.39 is 0 Å². The first-order chi connectivity index (χ1) is 12.0. The number of nitrogens with one attached hydrogen (secondary N) is 1. The molecule has 0 aliphatic heterocycles. The monoisotopic (exact) mass is 361 g/mol. The summed E-state index contributed by atoms with van der Waals surface area (Å²) in [5.41, 5.74) is 2.80. The Labute approximate surface area is 148 Å². The van der Waals surface area contributed by atoms with E-state index in [1.54, 1.807) is 11.6 Å². The van der Waals surface area contributed by atoms with Gasteiger partial charge in [-0.25, -0.2) is 9.50 Å². The average Bonchev–Trinajstić information content (AvgIpc) is 3.23. The Morgan fingerprint density at radius 2 is 2.20 bits per heavy atom. The number of carbonyl (C=O) groups excluding carboxylic acids is 1. The molecule has 9 nitrogen and oxygen atoms in total. The van der Waals surface area contributed by atoms with E-state index in [0.717, 1.165) is 22.0 Å². The van der Waals surface area contributed by atoms with Crippen LogP contribution in [0.5, 0.6) is 0 Å². The maximum atomic E-state index is 12.2. The Morgan fingerprint density at radius 3 is 2.96 bits per heavy atom. The van der Waals surface area contributed by atoms with E-state index in [2.05, 4.69) is 30.6 Å². The predicted octanol–water partition coefficient (Wildman–Crippen LogP) is 1.87. The molecule has 0 aliphatic rings. The molecular weight excluding hydrogens is 342 g/mol. The third-order valence-electron chi connectivity index (χ3n) is 3.98. The molecule has 0 fully saturated rings. The van der Waals surface area contributed by atoms with Crippen molar-refractivity contribution in [2.24, 2.45) is 0 Å². The number of hydrogen-bond donors (Lipinski definition) is 1. The highest BCUT2D eigenvalue weighted by Gasteiger charge is 2.15. The molecule has 0 aliphatic carbocycles. The van der Waals surface area contributed by atoms with Crippen LogP contribution in [-0.2, 0) is 16.0 Å². The number of anilines is 1. The number of methoxy groups -OCH3 is 1. The van der Waals surface area contributed by atoms with Crippen LogP contribution in [0, 0.1) is 13.8 Å². The summed E-state index contributed by atoms with van der Waals surface area (Å²) in [5.74, 6) is 0.446. The normalized spacial score (nSPS) is 12.5. The number of nitrogens with zero attached hydrogens (tertiary/aromatic N) is 6. The lowest BCUT2D eigenvalue weighted by molar-refractivity contribution is -0.116. The predicted molar refractivity (Wildman–Crippen MR) is 92.5 cm³/mol. The summed E-state index contributed by atoms with van der Waals surface area (Å²) in [7, 11) is 1.61. The van der Waals surface area contributed by atoms with Crippen LogP contribution < -0.4 is 5.32 Å². The van der Waals surface area contributed by atoms with E-state index in [0.29, 0.717) is 23.8 Å². The third kappa shape index (κ3) is 3.64. The van der Waals surface area contributed by atoms with E-state index in [9.17, 15) is 4.79 Å². The SMILES string of the molecule is COC(C)c1nnc(NC(=O)CCc2c(C)nc3ncnn3c2C)s1. The van der Waals surface area contributed by atoms with E-state index in [1.165, 1.54) is 17.7 Å². The molecule has 3 heterocycles. The van der Waals surface area contributed by atoms with Crippen molar-refractivity contribution in [3.63, 3.8) is 0 Å². The Bertz CT molecular complexity index is 905. The summed E-state index contributed by atoms with van der Waals surface area (Å²) >= 11 is 1.31. The van der Waals surface area contributed by atoms with Crippen molar-refractivity contribution in [2.45, 2.75) is 39.7 Å². The smallest absolute Gasteiger partial charge is 0.252 e. The molecule has 3 aromatic rings. The first-order valence-corrected chi connectivity index (χ1v) is 8.63. The minimum absolute atomic E-state index is 0.120. The van der Waals surface area contributed by atoms with Gasteiger partial charge in [-0.2, -0.15) is 10.1 Å². The van der Waals surface area contributed by atoms with Gasteiger partial charge in [0.2, 0.25) is 11.0 Å². The molecule has 1 atom stereocenters. The molecule has 0 bridgehead atoms. The zero-order valence-electron chi connectivity index (χ0n) is 14.5. The highest BCUT2D eigenvalue weighted by Crippen LogP contribution is 2.23. The van der Waals surface area contributed by atoms with Gasteiger partial charge in [0.15, 0.2) is 0 Å². The van der Waals surface area contributed by atoms with Crippen molar-refractivity contribution in [1.29, 1.82) is 0 Å². The first kappa shape index (κ1) is 17.4. The molecule has 0 spiro atoms. The number of fused-ring (bicyclic) bond motifs is 1. The van der Waals surface area contributed by atoms with Gasteiger partial charge < -0.3 is 10.1 Å². The summed E-state index contributed by atoms with van der Waals surface area (Å²) in [6, 6.07) is 0. The van der Waals surface area contributed by atoms with Crippen molar-refractivity contribution >= 4 is 28.2 Å². The van der Waals surface area contributed by atoms with Crippen molar-refractivity contribution in [3.8, 4) is 0 Å². The molecule has 132 valence electrons. The molecular formula is C15H19N7O2S. The summed E-state index contributed by atoms with van der Waals surface area (Å²) in [5, 5.41) is 16.1. The van der Waals surface area contributed by atoms with Crippen molar-refractivity contribution in [3.05, 3.63) is 28.3 Å². The van der Waals surface area contributed by atoms with Crippen LogP contribution in [0.15, 0.2) is 6.33 Å². The van der Waals surface area contributed by atoms with Gasteiger partial charge >= 0.3 is 0 Å². The van der Waals surface area contributed by atoms with Gasteiger partial charge in [-0.1, -0.05) is 11.3 Å².